The van der Waals surface area contributed by atoms with Gasteiger partial charge in [-0.15, -0.1) is 4.39 Å². The highest BCUT2D eigenvalue weighted by Gasteiger charge is 1.33. The van der Waals surface area contributed by atoms with E-state index in [4.69, 9.17) is 5.73 Å². The molecule has 0 aromatic carbocycles. The van der Waals surface area contributed by atoms with Gasteiger partial charge in [-0.25, -0.2) is 5.73 Å². The highest BCUT2D eigenvalue weighted by Crippen LogP contribution is 1.40. The summed E-state index contributed by atoms with van der Waals surface area (Å²) in [5.41, 5.74) is 5.72. The van der Waals surface area contributed by atoms with Crippen LogP contribution in [0.1, 0.15) is 0 Å². The highest BCUT2D eigenvalue weighted by atomic mass is 19.1. The second kappa shape index (κ2) is 2.29. The molecule has 0 spiro atoms. The fourth-order valence-corrected chi connectivity index (χ4v) is 0. The van der Waals surface area contributed by atoms with Crippen molar-refractivity contribution in [2.75, 3.05) is 0 Å². The summed E-state index contributed by atoms with van der Waals surface area (Å²) in [5, 5.41) is 0. The van der Waals surface area contributed by atoms with Gasteiger partial charge in [0.05, 0.1) is 6.04 Å². The molecule has 0 aromatic heterocycles. The van der Waals surface area contributed by atoms with Crippen LogP contribution in [0.3, 0.4) is 0 Å². The molecule has 1 nitrogen and oxygen atoms in total. The Kier molecular flexibility index (Phi) is 1.88. The minimum atomic E-state index is 0.847. The fourth-order valence-electron chi connectivity index (χ4n) is 0. The number of hydrogen-bond acceptors (Lipinski definition) is 0. The molecule has 0 amide bonds. The van der Waals surface area contributed by atoms with Gasteiger partial charge in [-0.2, -0.15) is 0 Å². The summed E-state index contributed by atoms with van der Waals surface area (Å²) in [5.74, 6) is 0. The van der Waals surface area contributed by atoms with Gasteiger partial charge in [0.1, 0.15) is 6.17 Å². The van der Waals surface area contributed by atoms with Crippen LogP contribution in [0.15, 0.2) is 0 Å². The Labute approximate surface area is 23.6 Å². The van der Waals surface area contributed by atoms with E-state index in [0.29, 0.717) is 0 Å². The zero-order chi connectivity index (χ0) is 3.41. The number of hydrogen-bond donors (Lipinski definition) is 0. The summed E-state index contributed by atoms with van der Waals surface area (Å²) in [6.45, 7) is 0. The molecule has 0 unspecified atom stereocenters. The maximum atomic E-state index is 10.2. The Balaban J connectivity index is 2.83. The van der Waals surface area contributed by atoms with Crippen molar-refractivity contribution in [3.8, 4) is 12.2 Å². The van der Waals surface area contributed by atoms with E-state index >= 15 is 0 Å². The van der Waals surface area contributed by atoms with E-state index in [1.807, 2.05) is 0 Å². The van der Waals surface area contributed by atoms with Crippen LogP contribution < -0.4 is 5.73 Å². The van der Waals surface area contributed by atoms with Crippen molar-refractivity contribution in [1.82, 2.24) is 5.73 Å². The van der Waals surface area contributed by atoms with Gasteiger partial charge in [0.25, 0.3) is 0 Å². The molecule has 2 heteroatoms. The first-order valence-electron chi connectivity index (χ1n) is 0.689. The molecule has 0 bridgehead atoms. The molecule has 0 saturated heterocycles. The first-order valence-corrected chi connectivity index (χ1v) is 0.689. The van der Waals surface area contributed by atoms with Crippen LogP contribution in [-0.4, -0.2) is 0 Å². The molecular formula is C2HFN. The third-order valence-electron chi connectivity index (χ3n) is 0.0472. The second-order valence-electron chi connectivity index (χ2n) is 0.219. The number of nitrogens with one attached hydrogen (secondary N) is 1. The van der Waals surface area contributed by atoms with Gasteiger partial charge in [0.2, 0.25) is 0 Å². The molecule has 0 heterocycles. The Morgan fingerprint density at radius 2 is 2.00 bits per heavy atom. The Hall–Kier alpha value is -0.710. The van der Waals surface area contributed by atoms with Gasteiger partial charge in [-0.05, 0) is 0 Å². The Morgan fingerprint density at radius 3 is 2.00 bits per heavy atom. The Morgan fingerprint density at radius 1 is 1.75 bits per heavy atom. The van der Waals surface area contributed by atoms with Crippen molar-refractivity contribution in [3.05, 3.63) is 0 Å². The molecule has 0 aliphatic rings. The monoisotopic (exact) mass is 58.0 g/mol. The third-order valence-corrected chi connectivity index (χ3v) is 0.0472. The van der Waals surface area contributed by atoms with Crippen LogP contribution in [0.2, 0.25) is 0 Å². The lowest BCUT2D eigenvalue weighted by Crippen LogP contribution is -1.43. The third kappa shape index (κ3) is 1.29. The van der Waals surface area contributed by atoms with Crippen LogP contribution in [0, 0.1) is 12.2 Å². The molecule has 0 aliphatic carbocycles. The maximum Gasteiger partial charge on any atom is 0.130 e. The minimum Gasteiger partial charge on any atom is -0.249 e. The predicted molar refractivity (Wildman–Crippen MR) is 12.0 cm³/mol. The van der Waals surface area contributed by atoms with Gasteiger partial charge in [-0.3, -0.25) is 0 Å². The van der Waals surface area contributed by atoms with Gasteiger partial charge >= 0.3 is 0 Å². The standard InChI is InChI=1S/C2HFN/c3-1-2-4/h4H. The van der Waals surface area contributed by atoms with Crippen LogP contribution >= 0.6 is 0 Å². The van der Waals surface area contributed by atoms with E-state index in [9.17, 15) is 4.39 Å². The van der Waals surface area contributed by atoms with Crippen molar-refractivity contribution in [2.45, 2.75) is 0 Å². The summed E-state index contributed by atoms with van der Waals surface area (Å²) < 4.78 is 10.2. The summed E-state index contributed by atoms with van der Waals surface area (Å²) in [4.78, 5) is 0. The normalized spacial score (nSPS) is 3.25. The van der Waals surface area contributed by atoms with E-state index in [0.717, 1.165) is 6.17 Å². The average molecular weight is 58.0 g/mol. The zero-order valence-electron chi connectivity index (χ0n) is 1.88. The number of halogens is 1. The molecule has 0 rings (SSSR count). The molecular weight excluding hydrogens is 57.0 g/mol. The van der Waals surface area contributed by atoms with Crippen molar-refractivity contribution < 1.29 is 4.39 Å². The van der Waals surface area contributed by atoms with E-state index in [-0.39, 0.29) is 0 Å². The van der Waals surface area contributed by atoms with Crippen molar-refractivity contribution >= 4 is 0 Å². The van der Waals surface area contributed by atoms with Crippen molar-refractivity contribution in [3.63, 3.8) is 0 Å². The molecule has 0 fully saturated rings. The van der Waals surface area contributed by atoms with E-state index < -0.39 is 0 Å². The van der Waals surface area contributed by atoms with Gasteiger partial charge < -0.3 is 0 Å². The summed E-state index contributed by atoms with van der Waals surface area (Å²) in [7, 11) is 0. The SMILES string of the molecule is [NH]C#CF. The number of rotatable bonds is 0. The second-order valence-corrected chi connectivity index (χ2v) is 0.219. The van der Waals surface area contributed by atoms with E-state index in [1.165, 1.54) is 6.04 Å². The molecule has 1 N–H and O–H groups in total. The highest BCUT2D eigenvalue weighted by molar-refractivity contribution is 4.79. The predicted octanol–water partition coefficient (Wildman–Crippen LogP) is 0.157. The van der Waals surface area contributed by atoms with Crippen LogP contribution in [-0.2, 0) is 0 Å². The van der Waals surface area contributed by atoms with Crippen LogP contribution in [0.5, 0.6) is 0 Å². The van der Waals surface area contributed by atoms with Gasteiger partial charge in [0, 0.05) is 0 Å². The molecule has 0 saturated carbocycles. The largest absolute Gasteiger partial charge is 0.249 e. The maximum absolute atomic E-state index is 10.2. The zero-order valence-corrected chi connectivity index (χ0v) is 1.88. The minimum absolute atomic E-state index is 0.847. The summed E-state index contributed by atoms with van der Waals surface area (Å²) in [6, 6.07) is 1.26. The molecule has 0 aromatic rings. The summed E-state index contributed by atoms with van der Waals surface area (Å²) >= 11 is 0. The van der Waals surface area contributed by atoms with Gasteiger partial charge in [-0.1, -0.05) is 0 Å². The van der Waals surface area contributed by atoms with E-state index in [1.54, 1.807) is 0 Å². The Bertz CT molecular complexity index is 42.8. The van der Waals surface area contributed by atoms with Crippen molar-refractivity contribution in [1.29, 1.82) is 0 Å². The molecule has 21 valence electrons. The molecule has 1 radical (unpaired) electrons. The van der Waals surface area contributed by atoms with E-state index in [2.05, 4.69) is 0 Å². The summed E-state index contributed by atoms with van der Waals surface area (Å²) in [6.07, 6.45) is 0.847. The quantitative estimate of drug-likeness (QED) is 0.354. The lowest BCUT2D eigenvalue weighted by atomic mass is 11.2. The van der Waals surface area contributed by atoms with Crippen LogP contribution in [0.4, 0.5) is 4.39 Å². The molecule has 0 atom stereocenters. The smallest absolute Gasteiger partial charge is 0.130 e. The van der Waals surface area contributed by atoms with Crippen LogP contribution in [0.25, 0.3) is 0 Å². The van der Waals surface area contributed by atoms with Gasteiger partial charge in [0.15, 0.2) is 0 Å². The first-order chi connectivity index (χ1) is 1.91. The molecule has 0 aliphatic heterocycles. The lowest BCUT2D eigenvalue weighted by Gasteiger charge is -1.35. The first kappa shape index (κ1) is 3.29. The van der Waals surface area contributed by atoms with Crippen molar-refractivity contribution in [2.24, 2.45) is 0 Å². The topological polar surface area (TPSA) is 23.8 Å². The average Bonchev–Trinajstić information content (AvgIpc) is 1.37. The lowest BCUT2D eigenvalue weighted by molar-refractivity contribution is 0.772. The molecule has 4 heavy (non-hydrogen) atoms. The fraction of sp³-hybridized carbons (Fsp3) is 0.